The average molecular weight is 398 g/mol. The first-order chi connectivity index (χ1) is 13.3. The molecule has 1 atom stereocenters. The summed E-state index contributed by atoms with van der Waals surface area (Å²) in [6.07, 6.45) is 12.1. The summed E-state index contributed by atoms with van der Waals surface area (Å²) in [4.78, 5) is 16.4. The normalized spacial score (nSPS) is 21.0. The fraction of sp³-hybridized carbons (Fsp3) is 0.905. The SMILES string of the molecule is CCCCCCCCNC1=NC(C)(C)NC(NCCCCCC)(OC(C)=O)N1. The van der Waals surface area contributed by atoms with Gasteiger partial charge in [0, 0.05) is 20.0 Å². The molecule has 0 saturated carbocycles. The molecule has 4 N–H and O–H groups in total. The number of unbranched alkanes of at least 4 members (excludes halogenated alkanes) is 8. The van der Waals surface area contributed by atoms with Crippen LogP contribution in [0.5, 0.6) is 0 Å². The highest BCUT2D eigenvalue weighted by Crippen LogP contribution is 2.16. The van der Waals surface area contributed by atoms with Gasteiger partial charge in [0.1, 0.15) is 5.66 Å². The molecule has 0 aromatic rings. The van der Waals surface area contributed by atoms with Crippen molar-refractivity contribution in [2.75, 3.05) is 13.1 Å². The van der Waals surface area contributed by atoms with Gasteiger partial charge < -0.3 is 10.1 Å². The lowest BCUT2D eigenvalue weighted by atomic mass is 10.1. The minimum atomic E-state index is -1.15. The van der Waals surface area contributed by atoms with Gasteiger partial charge in [-0.3, -0.25) is 10.1 Å². The molecule has 1 heterocycles. The molecule has 0 spiro atoms. The number of nitrogens with one attached hydrogen (secondary N) is 4. The van der Waals surface area contributed by atoms with E-state index in [9.17, 15) is 4.79 Å². The van der Waals surface area contributed by atoms with Crippen molar-refractivity contribution in [1.29, 1.82) is 0 Å². The van der Waals surface area contributed by atoms with Crippen LogP contribution in [0.15, 0.2) is 4.99 Å². The third-order valence-corrected chi connectivity index (χ3v) is 4.69. The first-order valence-electron chi connectivity index (χ1n) is 11.2. The van der Waals surface area contributed by atoms with E-state index in [-0.39, 0.29) is 5.97 Å². The van der Waals surface area contributed by atoms with Crippen LogP contribution in [0.3, 0.4) is 0 Å². The summed E-state index contributed by atoms with van der Waals surface area (Å²) in [6.45, 7) is 11.4. The second-order valence-corrected chi connectivity index (χ2v) is 8.23. The number of carbonyl (C=O) groups excluding carboxylic acids is 1. The summed E-state index contributed by atoms with van der Waals surface area (Å²) in [6, 6.07) is 0. The largest absolute Gasteiger partial charge is 0.411 e. The van der Waals surface area contributed by atoms with Gasteiger partial charge in [0.2, 0.25) is 0 Å². The minimum Gasteiger partial charge on any atom is -0.411 e. The number of hydrogen-bond donors (Lipinski definition) is 4. The minimum absolute atomic E-state index is 0.353. The molecule has 1 aliphatic rings. The zero-order chi connectivity index (χ0) is 20.9. The number of aliphatic imine (C=N–C) groups is 1. The predicted molar refractivity (Wildman–Crippen MR) is 116 cm³/mol. The van der Waals surface area contributed by atoms with E-state index in [4.69, 9.17) is 4.74 Å². The Hall–Kier alpha value is -1.34. The number of nitrogens with zero attached hydrogens (tertiary/aromatic N) is 1. The van der Waals surface area contributed by atoms with E-state index < -0.39 is 11.6 Å². The fourth-order valence-corrected chi connectivity index (χ4v) is 3.37. The highest BCUT2D eigenvalue weighted by Gasteiger charge is 2.43. The summed E-state index contributed by atoms with van der Waals surface area (Å²) in [7, 11) is 0. The maximum Gasteiger partial charge on any atom is 0.307 e. The molecule has 0 aliphatic carbocycles. The zero-order valence-electron chi connectivity index (χ0n) is 18.7. The average Bonchev–Trinajstić information content (AvgIpc) is 2.58. The Morgan fingerprint density at radius 2 is 1.54 bits per heavy atom. The van der Waals surface area contributed by atoms with Crippen LogP contribution in [0.4, 0.5) is 0 Å². The van der Waals surface area contributed by atoms with Crippen molar-refractivity contribution in [3.8, 4) is 0 Å². The molecule has 7 nitrogen and oxygen atoms in total. The zero-order valence-corrected chi connectivity index (χ0v) is 18.7. The van der Waals surface area contributed by atoms with Crippen LogP contribution >= 0.6 is 0 Å². The van der Waals surface area contributed by atoms with Gasteiger partial charge >= 0.3 is 11.9 Å². The molecule has 0 fully saturated rings. The number of hydrogen-bond acceptors (Lipinski definition) is 7. The van der Waals surface area contributed by atoms with Crippen molar-refractivity contribution in [2.45, 2.75) is 110 Å². The van der Waals surface area contributed by atoms with E-state index in [1.807, 2.05) is 13.8 Å². The molecule has 7 heteroatoms. The van der Waals surface area contributed by atoms with Gasteiger partial charge in [0.25, 0.3) is 0 Å². The second-order valence-electron chi connectivity index (χ2n) is 8.23. The van der Waals surface area contributed by atoms with Gasteiger partial charge in [0.05, 0.1) is 0 Å². The first kappa shape index (κ1) is 24.7. The van der Waals surface area contributed by atoms with Gasteiger partial charge in [-0.25, -0.2) is 15.6 Å². The Labute approximate surface area is 171 Å². The van der Waals surface area contributed by atoms with Crippen LogP contribution in [0, 0.1) is 0 Å². The van der Waals surface area contributed by atoms with Gasteiger partial charge in [-0.2, -0.15) is 0 Å². The standard InChI is InChI=1S/C21H43N5O2/c1-6-8-10-12-13-14-16-22-19-24-20(4,5)26-21(25-19,28-18(3)27)23-17-15-11-9-7-2/h23,26H,6-17H2,1-5H3,(H2,22,24,25). The van der Waals surface area contributed by atoms with Crippen molar-refractivity contribution in [3.05, 3.63) is 0 Å². The lowest BCUT2D eigenvalue weighted by Gasteiger charge is -2.44. The lowest BCUT2D eigenvalue weighted by Crippen LogP contribution is -2.77. The maximum atomic E-state index is 11.8. The molecular formula is C21H43N5O2. The number of esters is 1. The van der Waals surface area contributed by atoms with Crippen molar-refractivity contribution >= 4 is 11.9 Å². The van der Waals surface area contributed by atoms with E-state index in [0.717, 1.165) is 32.4 Å². The van der Waals surface area contributed by atoms with E-state index in [0.29, 0.717) is 5.96 Å². The van der Waals surface area contributed by atoms with Crippen molar-refractivity contribution in [1.82, 2.24) is 21.3 Å². The van der Waals surface area contributed by atoms with Crippen LogP contribution in [-0.4, -0.2) is 36.7 Å². The highest BCUT2D eigenvalue weighted by molar-refractivity contribution is 5.82. The Morgan fingerprint density at radius 1 is 0.964 bits per heavy atom. The van der Waals surface area contributed by atoms with E-state index in [1.54, 1.807) is 0 Å². The second kappa shape index (κ2) is 13.0. The maximum absolute atomic E-state index is 11.8. The predicted octanol–water partition coefficient (Wildman–Crippen LogP) is 3.57. The van der Waals surface area contributed by atoms with Crippen LogP contribution in [0.1, 0.15) is 98.8 Å². The molecule has 0 aromatic carbocycles. The number of ether oxygens (including phenoxy) is 1. The highest BCUT2D eigenvalue weighted by atomic mass is 16.6. The number of rotatable bonds is 14. The van der Waals surface area contributed by atoms with Gasteiger partial charge in [-0.05, 0) is 26.7 Å². The van der Waals surface area contributed by atoms with E-state index in [2.05, 4.69) is 40.1 Å². The van der Waals surface area contributed by atoms with Gasteiger partial charge in [-0.15, -0.1) is 0 Å². The first-order valence-corrected chi connectivity index (χ1v) is 11.2. The van der Waals surface area contributed by atoms with Gasteiger partial charge in [0.15, 0.2) is 5.96 Å². The monoisotopic (exact) mass is 397 g/mol. The summed E-state index contributed by atoms with van der Waals surface area (Å²) in [5.74, 6) is -0.846. The molecule has 1 rings (SSSR count). The van der Waals surface area contributed by atoms with Crippen LogP contribution in [0.25, 0.3) is 0 Å². The number of guanidine groups is 1. The van der Waals surface area contributed by atoms with Crippen molar-refractivity contribution < 1.29 is 9.53 Å². The molecule has 0 saturated heterocycles. The molecule has 0 radical (unpaired) electrons. The third kappa shape index (κ3) is 10.3. The molecule has 0 bridgehead atoms. The fourth-order valence-electron chi connectivity index (χ4n) is 3.37. The van der Waals surface area contributed by atoms with E-state index >= 15 is 0 Å². The Bertz CT molecular complexity index is 481. The summed E-state index contributed by atoms with van der Waals surface area (Å²) in [5.41, 5.74) is -0.569. The molecule has 164 valence electrons. The summed E-state index contributed by atoms with van der Waals surface area (Å²) >= 11 is 0. The van der Waals surface area contributed by atoms with Crippen molar-refractivity contribution in [2.24, 2.45) is 4.99 Å². The number of carbonyl (C=O) groups is 1. The smallest absolute Gasteiger partial charge is 0.307 e. The summed E-state index contributed by atoms with van der Waals surface area (Å²) < 4.78 is 5.63. The topological polar surface area (TPSA) is 86.8 Å². The third-order valence-electron chi connectivity index (χ3n) is 4.69. The van der Waals surface area contributed by atoms with Crippen LogP contribution in [0.2, 0.25) is 0 Å². The Kier molecular flexibility index (Phi) is 11.5. The lowest BCUT2D eigenvalue weighted by molar-refractivity contribution is -0.173. The summed E-state index contributed by atoms with van der Waals surface area (Å²) in [5, 5.41) is 13.2. The van der Waals surface area contributed by atoms with E-state index in [1.165, 1.54) is 51.9 Å². The molecule has 1 unspecified atom stereocenters. The van der Waals surface area contributed by atoms with Crippen LogP contribution < -0.4 is 21.3 Å². The molecular weight excluding hydrogens is 354 g/mol. The molecule has 0 amide bonds. The Balaban J connectivity index is 2.60. The van der Waals surface area contributed by atoms with Gasteiger partial charge in [-0.1, -0.05) is 65.2 Å². The van der Waals surface area contributed by atoms with Crippen LogP contribution in [-0.2, 0) is 9.53 Å². The quantitative estimate of drug-likeness (QED) is 0.204. The molecule has 0 aromatic heterocycles. The molecule has 28 heavy (non-hydrogen) atoms. The molecule has 1 aliphatic heterocycles. The van der Waals surface area contributed by atoms with Crippen molar-refractivity contribution in [3.63, 3.8) is 0 Å². The Morgan fingerprint density at radius 3 is 2.18 bits per heavy atom.